The van der Waals surface area contributed by atoms with Crippen molar-refractivity contribution in [3.8, 4) is 28.7 Å². The molecule has 4 amide bonds. The number of nitrogens with zero attached hydrogens (tertiary/aromatic N) is 2. The molecule has 0 aliphatic carbocycles. The Labute approximate surface area is 282 Å². The fourth-order valence-corrected chi connectivity index (χ4v) is 5.23. The second-order valence-corrected chi connectivity index (χ2v) is 11.2. The van der Waals surface area contributed by atoms with Gasteiger partial charge in [-0.25, -0.2) is 0 Å². The lowest BCUT2D eigenvalue weighted by Crippen LogP contribution is -2.45. The first-order valence-corrected chi connectivity index (χ1v) is 14.0. The Morgan fingerprint density at radius 3 is 2.29 bits per heavy atom. The molecule has 45 heavy (non-hydrogen) atoms. The molecule has 3 aromatic carbocycles. The fraction of sp³-hybridized carbons (Fsp3) is 0.312. The van der Waals surface area contributed by atoms with Crippen LogP contribution in [0.2, 0.25) is 0 Å². The Kier molecular flexibility index (Phi) is 6.79. The van der Waals surface area contributed by atoms with Crippen LogP contribution in [0.4, 0.5) is 11.4 Å². The minimum Gasteiger partial charge on any atom is -0.493 e. The highest BCUT2D eigenvalue weighted by Gasteiger charge is 2.36. The van der Waals surface area contributed by atoms with Gasteiger partial charge in [-0.3, -0.25) is 19.2 Å². The Hall–Kier alpha value is -4.78. The Morgan fingerprint density at radius 1 is 0.978 bits per heavy atom. The Balaban J connectivity index is 1.91. The molecular weight excluding hydrogens is 648 g/mol. The Morgan fingerprint density at radius 2 is 1.64 bits per heavy atom. The zero-order valence-electron chi connectivity index (χ0n) is 33.8. The number of nitrogens with one attached hydrogen (secondary N) is 2. The molecule has 0 fully saturated rings. The molecule has 0 unspecified atom stereocenters. The average Bonchev–Trinajstić information content (AvgIpc) is 3.08. The van der Waals surface area contributed by atoms with E-state index in [2.05, 4.69) is 26.6 Å². The second kappa shape index (κ2) is 13.5. The predicted octanol–water partition coefficient (Wildman–Crippen LogP) is 5.01. The van der Waals surface area contributed by atoms with Crippen LogP contribution in [0, 0.1) is 13.8 Å². The van der Waals surface area contributed by atoms with Crippen LogP contribution in [0.1, 0.15) is 50.6 Å². The van der Waals surface area contributed by atoms with E-state index in [0.717, 1.165) is 22.1 Å². The van der Waals surface area contributed by atoms with Crippen molar-refractivity contribution in [1.82, 2.24) is 9.80 Å². The first kappa shape index (κ1) is 22.7. The van der Waals surface area contributed by atoms with Crippen LogP contribution in [-0.2, 0) is 9.59 Å². The van der Waals surface area contributed by atoms with E-state index >= 15 is 0 Å². The van der Waals surface area contributed by atoms with Gasteiger partial charge in [0.2, 0.25) is 17.6 Å². The summed E-state index contributed by atoms with van der Waals surface area (Å²) in [5.74, 6) is -5.42. The molecular formula is C32H35BrN4O8. The number of likely N-dealkylation sites (N-methyl/N-ethyl adjacent to an activating group) is 1. The van der Waals surface area contributed by atoms with Crippen LogP contribution >= 0.6 is 15.9 Å². The highest BCUT2D eigenvalue weighted by atomic mass is 79.9. The summed E-state index contributed by atoms with van der Waals surface area (Å²) in [5, 5.41) is 5.19. The monoisotopic (exact) mass is 691 g/mol. The van der Waals surface area contributed by atoms with Crippen LogP contribution in [-0.4, -0.2) is 81.7 Å². The van der Waals surface area contributed by atoms with Gasteiger partial charge in [-0.2, -0.15) is 0 Å². The molecule has 3 aromatic rings. The molecule has 0 saturated carbocycles. The zero-order chi connectivity index (χ0) is 40.7. The van der Waals surface area contributed by atoms with Gasteiger partial charge in [0, 0.05) is 21.1 Å². The van der Waals surface area contributed by atoms with Crippen molar-refractivity contribution < 1.29 is 50.5 Å². The number of amides is 4. The number of halogens is 1. The summed E-state index contributed by atoms with van der Waals surface area (Å²) in [5.41, 5.74) is 0.820. The first-order valence-electron chi connectivity index (χ1n) is 17.7. The van der Waals surface area contributed by atoms with Crippen molar-refractivity contribution in [2.24, 2.45) is 0 Å². The summed E-state index contributed by atoms with van der Waals surface area (Å²) in [6.07, 6.45) is -0.332. The third kappa shape index (κ3) is 6.83. The van der Waals surface area contributed by atoms with Crippen molar-refractivity contribution in [1.29, 1.82) is 0 Å². The maximum atomic E-state index is 14.1. The molecule has 0 saturated heterocycles. The summed E-state index contributed by atoms with van der Waals surface area (Å²) >= 11 is 3.07. The maximum Gasteiger partial charge on any atom is 0.257 e. The van der Waals surface area contributed by atoms with Gasteiger partial charge >= 0.3 is 0 Å². The number of fused-ring (bicyclic) bond motifs is 1. The number of hydrogen-bond donors (Lipinski definition) is 2. The van der Waals surface area contributed by atoms with Gasteiger partial charge in [-0.05, 0) is 71.2 Å². The van der Waals surface area contributed by atoms with Crippen LogP contribution in [0.25, 0.3) is 0 Å². The van der Waals surface area contributed by atoms with Crippen molar-refractivity contribution >= 4 is 50.9 Å². The lowest BCUT2D eigenvalue weighted by atomic mass is 10.1. The topological polar surface area (TPSA) is 136 Å². The number of carbonyl (C=O) groups excluding carboxylic acids is 4. The molecule has 12 nitrogen and oxygen atoms in total. The van der Waals surface area contributed by atoms with E-state index < -0.39 is 78.1 Å². The molecule has 1 atom stereocenters. The lowest BCUT2D eigenvalue weighted by molar-refractivity contribution is -0.132. The van der Waals surface area contributed by atoms with Gasteiger partial charge in [-0.1, -0.05) is 6.07 Å². The van der Waals surface area contributed by atoms with Gasteiger partial charge in [0.05, 0.1) is 66.8 Å². The maximum absolute atomic E-state index is 14.1. The molecule has 0 radical (unpaired) electrons. The third-order valence-electron chi connectivity index (χ3n) is 6.94. The average molecular weight is 693 g/mol. The number of anilines is 2. The van der Waals surface area contributed by atoms with Gasteiger partial charge < -0.3 is 39.4 Å². The van der Waals surface area contributed by atoms with Gasteiger partial charge in [0.15, 0.2) is 17.2 Å². The molecule has 1 aliphatic rings. The highest BCUT2D eigenvalue weighted by molar-refractivity contribution is 9.10. The molecule has 238 valence electrons. The largest absolute Gasteiger partial charge is 0.493 e. The van der Waals surface area contributed by atoms with Crippen molar-refractivity contribution in [2.75, 3.05) is 52.9 Å². The lowest BCUT2D eigenvalue weighted by Gasteiger charge is -2.25. The van der Waals surface area contributed by atoms with E-state index in [9.17, 15) is 19.2 Å². The van der Waals surface area contributed by atoms with Crippen LogP contribution in [0.3, 0.4) is 0 Å². The third-order valence-corrected chi connectivity index (χ3v) is 7.72. The van der Waals surface area contributed by atoms with E-state index in [1.165, 1.54) is 38.2 Å². The predicted molar refractivity (Wildman–Crippen MR) is 172 cm³/mol. The molecule has 0 bridgehead atoms. The number of carbonyl (C=O) groups is 4. The number of rotatable bonds is 9. The van der Waals surface area contributed by atoms with Gasteiger partial charge in [-0.15, -0.1) is 0 Å². The summed E-state index contributed by atoms with van der Waals surface area (Å²) in [4.78, 5) is 56.2. The van der Waals surface area contributed by atoms with Crippen LogP contribution in [0.15, 0.2) is 40.9 Å². The zero-order valence-corrected chi connectivity index (χ0v) is 26.4. The number of hydrogen-bond acceptors (Lipinski definition) is 8. The number of aryl methyl sites for hydroxylation is 2. The molecule has 13 heteroatoms. The van der Waals surface area contributed by atoms with Crippen molar-refractivity contribution in [3.05, 3.63) is 63.1 Å². The van der Waals surface area contributed by atoms with Crippen molar-refractivity contribution in [3.63, 3.8) is 0 Å². The number of benzene rings is 3. The van der Waals surface area contributed by atoms with E-state index in [4.69, 9.17) is 31.3 Å². The molecule has 1 heterocycles. The van der Waals surface area contributed by atoms with Gasteiger partial charge in [0.25, 0.3) is 11.8 Å². The molecule has 2 N–H and O–H groups in total. The quantitative estimate of drug-likeness (QED) is 0.320. The standard InChI is InChI=1S/C32H35BrN4O8/c1-16-9-17(2)11-18(10-16)45-24-12-19-21(34-31(40)23(37(5)32(19)41)15-26(38)36(3)4)14-22(24)35-30(39)20-13-25(42-6)28(43-7)29(44-8)27(20)33/h9-14,23H,15H2,1-8H3,(H,34,40)(H,35,39)/t23-/m0/s1/i6D3,7D3,8D3. The molecule has 1 aliphatic heterocycles. The fourth-order valence-electron chi connectivity index (χ4n) is 4.67. The Bertz CT molecular complexity index is 1980. The van der Waals surface area contributed by atoms with Crippen LogP contribution in [0.5, 0.6) is 28.7 Å². The van der Waals surface area contributed by atoms with Crippen molar-refractivity contribution in [2.45, 2.75) is 26.3 Å². The summed E-state index contributed by atoms with van der Waals surface area (Å²) in [7, 11) is -5.41. The first-order chi connectivity index (χ1) is 24.7. The van der Waals surface area contributed by atoms with Crippen LogP contribution < -0.4 is 29.6 Å². The molecule has 0 spiro atoms. The summed E-state index contributed by atoms with van der Waals surface area (Å²) in [6.45, 7) is 3.63. The normalized spacial score (nSPS) is 18.0. The minimum atomic E-state index is -3.27. The molecule has 4 rings (SSSR count). The number of methoxy groups -OCH3 is 3. The number of ether oxygens (including phenoxy) is 4. The SMILES string of the molecule is [2H]C([2H])([2H])Oc1cc(C(=O)Nc2cc3c(cc2Oc2cc(C)cc(C)c2)C(=O)N(C)[C@@H](CC(=O)N(C)C)C(=O)N3)c(Br)c(OC([2H])([2H])[2H])c1OC([2H])([2H])[2H]. The van der Waals surface area contributed by atoms with E-state index in [0.29, 0.717) is 5.75 Å². The van der Waals surface area contributed by atoms with E-state index in [-0.39, 0.29) is 29.1 Å². The van der Waals surface area contributed by atoms with E-state index in [1.54, 1.807) is 12.1 Å². The van der Waals surface area contributed by atoms with E-state index in [1.807, 2.05) is 19.9 Å². The summed E-state index contributed by atoms with van der Waals surface area (Å²) in [6, 6.07) is 7.32. The highest BCUT2D eigenvalue weighted by Crippen LogP contribution is 2.45. The second-order valence-electron chi connectivity index (χ2n) is 10.4. The molecule has 0 aromatic heterocycles. The minimum absolute atomic E-state index is 0.0582. The summed E-state index contributed by atoms with van der Waals surface area (Å²) < 4.78 is 88.9. The smallest absolute Gasteiger partial charge is 0.257 e. The van der Waals surface area contributed by atoms with Gasteiger partial charge in [0.1, 0.15) is 11.8 Å².